The number of aliphatic hydroxyl groups excluding tert-OH is 1. The van der Waals surface area contributed by atoms with Crippen LogP contribution in [0.3, 0.4) is 0 Å². The van der Waals surface area contributed by atoms with Gasteiger partial charge in [-0.15, -0.1) is 5.10 Å². The molecule has 0 bridgehead atoms. The number of benzene rings is 1. The van der Waals surface area contributed by atoms with Gasteiger partial charge in [0.25, 0.3) is 0 Å². The number of aliphatic hydroxyl groups is 1. The molecule has 17 heavy (non-hydrogen) atoms. The summed E-state index contributed by atoms with van der Waals surface area (Å²) in [7, 11) is 1.82. The second-order valence-corrected chi connectivity index (χ2v) is 4.06. The van der Waals surface area contributed by atoms with Gasteiger partial charge in [0, 0.05) is 29.9 Å². The SMILES string of the molecule is Cn1ccc(OCc2c(Cl)cccc2CO)n1. The zero-order chi connectivity index (χ0) is 12.3. The number of nitrogens with zero attached hydrogens (tertiary/aromatic N) is 2. The topological polar surface area (TPSA) is 47.3 Å². The highest BCUT2D eigenvalue weighted by Crippen LogP contribution is 2.21. The van der Waals surface area contributed by atoms with E-state index in [1.54, 1.807) is 29.1 Å². The molecule has 0 unspecified atom stereocenters. The van der Waals surface area contributed by atoms with Crippen molar-refractivity contribution in [3.8, 4) is 5.88 Å². The number of ether oxygens (including phenoxy) is 1. The maximum Gasteiger partial charge on any atom is 0.233 e. The summed E-state index contributed by atoms with van der Waals surface area (Å²) in [4.78, 5) is 0. The van der Waals surface area contributed by atoms with E-state index in [1.165, 1.54) is 0 Å². The van der Waals surface area contributed by atoms with Crippen LogP contribution in [0.1, 0.15) is 11.1 Å². The summed E-state index contributed by atoms with van der Waals surface area (Å²) in [5, 5.41) is 13.9. The lowest BCUT2D eigenvalue weighted by Crippen LogP contribution is -2.02. The van der Waals surface area contributed by atoms with Gasteiger partial charge in [-0.25, -0.2) is 0 Å². The Morgan fingerprint density at radius 1 is 1.41 bits per heavy atom. The molecular formula is C12H13ClN2O2. The molecule has 2 rings (SSSR count). The third kappa shape index (κ3) is 2.78. The number of halogens is 1. The fraction of sp³-hybridized carbons (Fsp3) is 0.250. The van der Waals surface area contributed by atoms with Gasteiger partial charge in [0.15, 0.2) is 0 Å². The summed E-state index contributed by atoms with van der Waals surface area (Å²) in [5.41, 5.74) is 1.57. The summed E-state index contributed by atoms with van der Waals surface area (Å²) in [5.74, 6) is 0.538. The molecule has 0 radical (unpaired) electrons. The molecule has 1 aromatic heterocycles. The highest BCUT2D eigenvalue weighted by molar-refractivity contribution is 6.31. The van der Waals surface area contributed by atoms with E-state index in [4.69, 9.17) is 16.3 Å². The van der Waals surface area contributed by atoms with Crippen LogP contribution < -0.4 is 4.74 Å². The number of hydrogen-bond acceptors (Lipinski definition) is 3. The summed E-state index contributed by atoms with van der Waals surface area (Å²) in [6, 6.07) is 7.18. The van der Waals surface area contributed by atoms with Crippen LogP contribution in [0.25, 0.3) is 0 Å². The molecule has 0 aliphatic carbocycles. The summed E-state index contributed by atoms with van der Waals surface area (Å²) >= 11 is 6.06. The molecule has 5 heteroatoms. The molecule has 1 heterocycles. The molecule has 0 saturated carbocycles. The van der Waals surface area contributed by atoms with Crippen LogP contribution in [-0.2, 0) is 20.3 Å². The van der Waals surface area contributed by atoms with Crippen molar-refractivity contribution in [3.63, 3.8) is 0 Å². The van der Waals surface area contributed by atoms with Gasteiger partial charge in [0.1, 0.15) is 6.61 Å². The number of hydrogen-bond donors (Lipinski definition) is 1. The van der Waals surface area contributed by atoms with Crippen molar-refractivity contribution < 1.29 is 9.84 Å². The molecule has 90 valence electrons. The molecule has 0 amide bonds. The first kappa shape index (κ1) is 12.0. The second kappa shape index (κ2) is 5.21. The molecule has 2 aromatic rings. The first-order valence-corrected chi connectivity index (χ1v) is 5.58. The van der Waals surface area contributed by atoms with E-state index in [9.17, 15) is 5.11 Å². The van der Waals surface area contributed by atoms with E-state index in [0.29, 0.717) is 17.5 Å². The normalized spacial score (nSPS) is 10.5. The van der Waals surface area contributed by atoms with E-state index in [2.05, 4.69) is 5.10 Å². The number of aromatic nitrogens is 2. The largest absolute Gasteiger partial charge is 0.472 e. The lowest BCUT2D eigenvalue weighted by molar-refractivity contribution is 0.265. The van der Waals surface area contributed by atoms with Crippen LogP contribution in [-0.4, -0.2) is 14.9 Å². The van der Waals surface area contributed by atoms with Crippen molar-refractivity contribution in [1.29, 1.82) is 0 Å². The van der Waals surface area contributed by atoms with E-state index < -0.39 is 0 Å². The highest BCUT2D eigenvalue weighted by Gasteiger charge is 2.07. The minimum absolute atomic E-state index is 0.0541. The van der Waals surface area contributed by atoms with Crippen LogP contribution >= 0.6 is 11.6 Å². The van der Waals surface area contributed by atoms with Gasteiger partial charge < -0.3 is 9.84 Å². The van der Waals surface area contributed by atoms with Gasteiger partial charge in [-0.05, 0) is 11.6 Å². The van der Waals surface area contributed by atoms with Gasteiger partial charge in [-0.3, -0.25) is 4.68 Å². The molecule has 1 aromatic carbocycles. The average molecular weight is 253 g/mol. The minimum Gasteiger partial charge on any atom is -0.472 e. The molecular weight excluding hydrogens is 240 g/mol. The molecule has 0 atom stereocenters. The third-order valence-electron chi connectivity index (χ3n) is 2.44. The molecule has 0 saturated heterocycles. The van der Waals surface area contributed by atoms with Gasteiger partial charge in [-0.2, -0.15) is 0 Å². The molecule has 0 spiro atoms. The predicted octanol–water partition coefficient (Wildman–Crippen LogP) is 2.14. The van der Waals surface area contributed by atoms with Crippen molar-refractivity contribution in [3.05, 3.63) is 46.6 Å². The lowest BCUT2D eigenvalue weighted by Gasteiger charge is -2.09. The molecule has 1 N–H and O–H groups in total. The highest BCUT2D eigenvalue weighted by atomic mass is 35.5. The Morgan fingerprint density at radius 2 is 2.24 bits per heavy atom. The first-order chi connectivity index (χ1) is 8.20. The monoisotopic (exact) mass is 252 g/mol. The van der Waals surface area contributed by atoms with Crippen molar-refractivity contribution in [2.24, 2.45) is 7.05 Å². The van der Waals surface area contributed by atoms with E-state index in [-0.39, 0.29) is 6.61 Å². The standard InChI is InChI=1S/C12H13ClN2O2/c1-15-6-5-12(14-15)17-8-10-9(7-16)3-2-4-11(10)13/h2-6,16H,7-8H2,1H3. The Balaban J connectivity index is 2.13. The van der Waals surface area contributed by atoms with Gasteiger partial charge in [0.2, 0.25) is 5.88 Å². The van der Waals surface area contributed by atoms with Crippen LogP contribution in [0, 0.1) is 0 Å². The number of rotatable bonds is 4. The third-order valence-corrected chi connectivity index (χ3v) is 2.79. The van der Waals surface area contributed by atoms with Gasteiger partial charge in [-0.1, -0.05) is 23.7 Å². The van der Waals surface area contributed by atoms with E-state index in [0.717, 1.165) is 11.1 Å². The van der Waals surface area contributed by atoms with Crippen LogP contribution in [0.2, 0.25) is 5.02 Å². The zero-order valence-corrected chi connectivity index (χ0v) is 10.2. The predicted molar refractivity (Wildman–Crippen MR) is 64.9 cm³/mol. The van der Waals surface area contributed by atoms with Crippen molar-refractivity contribution in [2.45, 2.75) is 13.2 Å². The Labute approximate surface area is 104 Å². The Bertz CT molecular complexity index is 511. The average Bonchev–Trinajstić information content (AvgIpc) is 2.73. The van der Waals surface area contributed by atoms with Crippen molar-refractivity contribution in [1.82, 2.24) is 9.78 Å². The molecule has 0 aliphatic rings. The van der Waals surface area contributed by atoms with Gasteiger partial charge >= 0.3 is 0 Å². The fourth-order valence-corrected chi connectivity index (χ4v) is 1.78. The van der Waals surface area contributed by atoms with Crippen LogP contribution in [0.5, 0.6) is 5.88 Å². The maximum atomic E-state index is 9.21. The molecule has 4 nitrogen and oxygen atoms in total. The lowest BCUT2D eigenvalue weighted by atomic mass is 10.1. The maximum absolute atomic E-state index is 9.21. The van der Waals surface area contributed by atoms with Crippen molar-refractivity contribution in [2.75, 3.05) is 0 Å². The number of aryl methyl sites for hydroxylation is 1. The Hall–Kier alpha value is -1.52. The first-order valence-electron chi connectivity index (χ1n) is 5.20. The van der Waals surface area contributed by atoms with Gasteiger partial charge in [0.05, 0.1) is 6.61 Å². The fourth-order valence-electron chi connectivity index (χ4n) is 1.53. The molecule has 0 fully saturated rings. The second-order valence-electron chi connectivity index (χ2n) is 3.65. The Morgan fingerprint density at radius 3 is 2.88 bits per heavy atom. The summed E-state index contributed by atoms with van der Waals surface area (Å²) in [6.07, 6.45) is 1.80. The smallest absolute Gasteiger partial charge is 0.233 e. The quantitative estimate of drug-likeness (QED) is 0.907. The van der Waals surface area contributed by atoms with E-state index in [1.807, 2.05) is 13.1 Å². The summed E-state index contributed by atoms with van der Waals surface area (Å²) in [6.45, 7) is 0.244. The van der Waals surface area contributed by atoms with Crippen LogP contribution in [0.15, 0.2) is 30.5 Å². The minimum atomic E-state index is -0.0541. The zero-order valence-electron chi connectivity index (χ0n) is 9.43. The Kier molecular flexibility index (Phi) is 3.66. The molecule has 0 aliphatic heterocycles. The van der Waals surface area contributed by atoms with Crippen molar-refractivity contribution >= 4 is 11.6 Å². The summed E-state index contributed by atoms with van der Waals surface area (Å²) < 4.78 is 7.17. The van der Waals surface area contributed by atoms with Crippen LogP contribution in [0.4, 0.5) is 0 Å². The van der Waals surface area contributed by atoms with E-state index >= 15 is 0 Å².